The maximum atomic E-state index is 12.7. The monoisotopic (exact) mass is 373 g/mol. The molecule has 8 nitrogen and oxygen atoms in total. The van der Waals surface area contributed by atoms with Crippen molar-refractivity contribution in [2.75, 3.05) is 31.2 Å². The van der Waals surface area contributed by atoms with Gasteiger partial charge in [0.15, 0.2) is 0 Å². The Kier molecular flexibility index (Phi) is 4.17. The van der Waals surface area contributed by atoms with Gasteiger partial charge in [0, 0.05) is 24.0 Å². The highest BCUT2D eigenvalue weighted by Gasteiger charge is 2.39. The molecule has 1 saturated heterocycles. The van der Waals surface area contributed by atoms with Gasteiger partial charge in [-0.2, -0.15) is 0 Å². The Morgan fingerprint density at radius 2 is 1.85 bits per heavy atom. The van der Waals surface area contributed by atoms with Gasteiger partial charge in [-0.05, 0) is 17.5 Å². The lowest BCUT2D eigenvalue weighted by molar-refractivity contribution is -0.384. The Morgan fingerprint density at radius 1 is 1.15 bits per heavy atom. The fourth-order valence-electron chi connectivity index (χ4n) is 3.22. The minimum Gasteiger partial charge on any atom is -0.378 e. The molecule has 2 amide bonds. The van der Waals surface area contributed by atoms with E-state index >= 15 is 0 Å². The quantitative estimate of drug-likeness (QED) is 0.464. The van der Waals surface area contributed by atoms with Gasteiger partial charge in [-0.15, -0.1) is 11.3 Å². The van der Waals surface area contributed by atoms with Gasteiger partial charge in [-0.3, -0.25) is 24.6 Å². The molecule has 3 heterocycles. The van der Waals surface area contributed by atoms with Crippen molar-refractivity contribution in [2.45, 2.75) is 6.54 Å². The van der Waals surface area contributed by atoms with E-state index in [1.807, 2.05) is 22.4 Å². The van der Waals surface area contributed by atoms with E-state index in [9.17, 15) is 19.7 Å². The van der Waals surface area contributed by atoms with E-state index in [0.29, 0.717) is 32.0 Å². The Hall–Kier alpha value is -2.78. The van der Waals surface area contributed by atoms with Crippen LogP contribution in [0.2, 0.25) is 0 Å². The zero-order chi connectivity index (χ0) is 18.3. The fraction of sp³-hybridized carbons (Fsp3) is 0.294. The molecule has 1 aromatic carbocycles. The van der Waals surface area contributed by atoms with Crippen LogP contribution >= 0.6 is 11.3 Å². The first-order valence-electron chi connectivity index (χ1n) is 8.10. The van der Waals surface area contributed by atoms with E-state index in [-0.39, 0.29) is 23.4 Å². The molecule has 0 N–H and O–H groups in total. The molecule has 0 aliphatic carbocycles. The Labute approximate surface area is 152 Å². The highest BCUT2D eigenvalue weighted by Crippen LogP contribution is 2.36. The molecular formula is C17H15N3O5S. The Bertz CT molecular complexity index is 890. The number of amides is 2. The molecule has 4 rings (SSSR count). The second kappa shape index (κ2) is 6.50. The lowest BCUT2D eigenvalue weighted by atomic mass is 10.1. The van der Waals surface area contributed by atoms with Crippen LogP contribution in [0.4, 0.5) is 11.4 Å². The van der Waals surface area contributed by atoms with Crippen molar-refractivity contribution in [2.24, 2.45) is 0 Å². The van der Waals surface area contributed by atoms with Crippen LogP contribution in [0.5, 0.6) is 0 Å². The highest BCUT2D eigenvalue weighted by atomic mass is 32.1. The maximum Gasteiger partial charge on any atom is 0.293 e. The molecule has 0 saturated carbocycles. The number of hydrogen-bond donors (Lipinski definition) is 0. The molecule has 1 aromatic heterocycles. The predicted octanol–water partition coefficient (Wildman–Crippen LogP) is 2.29. The van der Waals surface area contributed by atoms with Gasteiger partial charge in [-0.25, -0.2) is 0 Å². The van der Waals surface area contributed by atoms with Gasteiger partial charge in [0.2, 0.25) is 0 Å². The molecule has 2 aliphatic heterocycles. The van der Waals surface area contributed by atoms with Gasteiger partial charge in [0.25, 0.3) is 17.5 Å². The van der Waals surface area contributed by atoms with Crippen LogP contribution < -0.4 is 4.90 Å². The number of anilines is 1. The van der Waals surface area contributed by atoms with Crippen LogP contribution in [0.3, 0.4) is 0 Å². The highest BCUT2D eigenvalue weighted by molar-refractivity contribution is 7.09. The van der Waals surface area contributed by atoms with Crippen LogP contribution in [-0.4, -0.2) is 47.9 Å². The first kappa shape index (κ1) is 16.7. The number of carbonyl (C=O) groups excluding carboxylic acids is 2. The van der Waals surface area contributed by atoms with E-state index in [2.05, 4.69) is 0 Å². The summed E-state index contributed by atoms with van der Waals surface area (Å²) in [6.07, 6.45) is 0. The summed E-state index contributed by atoms with van der Waals surface area (Å²) in [5.41, 5.74) is 0.509. The van der Waals surface area contributed by atoms with Gasteiger partial charge >= 0.3 is 0 Å². The smallest absolute Gasteiger partial charge is 0.293 e. The lowest BCUT2D eigenvalue weighted by Gasteiger charge is -2.28. The van der Waals surface area contributed by atoms with Gasteiger partial charge < -0.3 is 9.64 Å². The second-order valence-electron chi connectivity index (χ2n) is 6.02. The molecule has 0 bridgehead atoms. The molecule has 134 valence electrons. The zero-order valence-electron chi connectivity index (χ0n) is 13.7. The van der Waals surface area contributed by atoms with Crippen molar-refractivity contribution < 1.29 is 19.2 Å². The van der Waals surface area contributed by atoms with Crippen LogP contribution in [0.1, 0.15) is 25.6 Å². The fourth-order valence-corrected chi connectivity index (χ4v) is 3.91. The van der Waals surface area contributed by atoms with Crippen molar-refractivity contribution >= 4 is 34.5 Å². The predicted molar refractivity (Wildman–Crippen MR) is 94.7 cm³/mol. The average Bonchev–Trinajstić information content (AvgIpc) is 3.24. The summed E-state index contributed by atoms with van der Waals surface area (Å²) >= 11 is 1.45. The number of nitro benzene ring substituents is 1. The van der Waals surface area contributed by atoms with Crippen LogP contribution in [-0.2, 0) is 11.3 Å². The minimum absolute atomic E-state index is 0.0928. The lowest BCUT2D eigenvalue weighted by Crippen LogP contribution is -2.36. The van der Waals surface area contributed by atoms with Crippen molar-refractivity contribution in [3.05, 3.63) is 55.8 Å². The van der Waals surface area contributed by atoms with Gasteiger partial charge in [-0.1, -0.05) is 6.07 Å². The Balaban J connectivity index is 1.74. The van der Waals surface area contributed by atoms with Crippen LogP contribution in [0.15, 0.2) is 29.6 Å². The van der Waals surface area contributed by atoms with Crippen molar-refractivity contribution in [3.8, 4) is 0 Å². The second-order valence-corrected chi connectivity index (χ2v) is 7.05. The SMILES string of the molecule is O=C1c2cc(N3CCOCC3)c([N+](=O)[O-])cc2C(=O)N1Cc1cccs1. The van der Waals surface area contributed by atoms with E-state index in [1.165, 1.54) is 23.5 Å². The summed E-state index contributed by atoms with van der Waals surface area (Å²) in [6.45, 7) is 2.10. The topological polar surface area (TPSA) is 93.0 Å². The molecule has 1 fully saturated rings. The van der Waals surface area contributed by atoms with E-state index in [0.717, 1.165) is 9.78 Å². The van der Waals surface area contributed by atoms with Crippen molar-refractivity contribution in [1.29, 1.82) is 0 Å². The normalized spacial score (nSPS) is 16.9. The third-order valence-corrected chi connectivity index (χ3v) is 5.37. The molecule has 0 unspecified atom stereocenters. The number of ether oxygens (including phenoxy) is 1. The van der Waals surface area contributed by atoms with E-state index in [1.54, 1.807) is 0 Å². The molecule has 0 atom stereocenters. The number of benzene rings is 1. The molecule has 0 radical (unpaired) electrons. The molecule has 26 heavy (non-hydrogen) atoms. The number of nitrogens with zero attached hydrogens (tertiary/aromatic N) is 3. The van der Waals surface area contributed by atoms with Crippen LogP contribution in [0, 0.1) is 10.1 Å². The summed E-state index contributed by atoms with van der Waals surface area (Å²) in [5, 5.41) is 13.4. The first-order chi connectivity index (χ1) is 12.6. The third kappa shape index (κ3) is 2.74. The molecule has 2 aliphatic rings. The average molecular weight is 373 g/mol. The molecule has 0 spiro atoms. The Morgan fingerprint density at radius 3 is 2.46 bits per heavy atom. The number of carbonyl (C=O) groups is 2. The maximum absolute atomic E-state index is 12.7. The van der Waals surface area contributed by atoms with Crippen molar-refractivity contribution in [1.82, 2.24) is 4.90 Å². The van der Waals surface area contributed by atoms with E-state index in [4.69, 9.17) is 4.74 Å². The third-order valence-electron chi connectivity index (χ3n) is 4.51. The summed E-state index contributed by atoms with van der Waals surface area (Å²) in [4.78, 5) is 40.3. The number of hydrogen-bond acceptors (Lipinski definition) is 7. The summed E-state index contributed by atoms with van der Waals surface area (Å²) < 4.78 is 5.29. The first-order valence-corrected chi connectivity index (χ1v) is 8.98. The molecule has 9 heteroatoms. The number of rotatable bonds is 4. The molecular weight excluding hydrogens is 358 g/mol. The van der Waals surface area contributed by atoms with Gasteiger partial charge in [0.1, 0.15) is 5.69 Å². The minimum atomic E-state index is -0.509. The summed E-state index contributed by atoms with van der Waals surface area (Å²) in [5.74, 6) is -0.905. The number of morpholine rings is 1. The number of thiophene rings is 1. The van der Waals surface area contributed by atoms with E-state index < -0.39 is 16.7 Å². The summed E-state index contributed by atoms with van der Waals surface area (Å²) in [7, 11) is 0. The van der Waals surface area contributed by atoms with Gasteiger partial charge in [0.05, 0.1) is 35.8 Å². The molecule has 2 aromatic rings. The van der Waals surface area contributed by atoms with Crippen LogP contribution in [0.25, 0.3) is 0 Å². The standard InChI is InChI=1S/C17H15N3O5S/c21-16-12-8-14(18-3-5-25-6-4-18)15(20(23)24)9-13(12)17(22)19(16)10-11-2-1-7-26-11/h1-2,7-9H,3-6,10H2. The number of imide groups is 1. The number of fused-ring (bicyclic) bond motifs is 1. The zero-order valence-corrected chi connectivity index (χ0v) is 14.5. The summed E-state index contributed by atoms with van der Waals surface area (Å²) in [6, 6.07) is 6.40. The largest absolute Gasteiger partial charge is 0.378 e. The van der Waals surface area contributed by atoms with Crippen molar-refractivity contribution in [3.63, 3.8) is 0 Å². The number of nitro groups is 1.